The second-order valence-corrected chi connectivity index (χ2v) is 6.49. The molecule has 1 amide bonds. The van der Waals surface area contributed by atoms with E-state index in [0.29, 0.717) is 11.7 Å². The monoisotopic (exact) mass is 343 g/mol. The molecule has 0 bridgehead atoms. The van der Waals surface area contributed by atoms with Crippen LogP contribution in [0.1, 0.15) is 31.9 Å². The second kappa shape index (κ2) is 7.25. The zero-order valence-electron chi connectivity index (χ0n) is 14.9. The van der Waals surface area contributed by atoms with E-state index in [2.05, 4.69) is 23.1 Å². The van der Waals surface area contributed by atoms with Gasteiger partial charge in [0.15, 0.2) is 0 Å². The molecule has 1 fully saturated rings. The highest BCUT2D eigenvalue weighted by molar-refractivity contribution is 5.95. The lowest BCUT2D eigenvalue weighted by Gasteiger charge is -2.09. The lowest BCUT2D eigenvalue weighted by atomic mass is 10.1. The Kier molecular flexibility index (Phi) is 5.06. The summed E-state index contributed by atoms with van der Waals surface area (Å²) < 4.78 is 3.32. The third kappa shape index (κ3) is 3.38. The van der Waals surface area contributed by atoms with Crippen molar-refractivity contribution in [3.8, 4) is 5.69 Å². The molecule has 7 heteroatoms. The van der Waals surface area contributed by atoms with E-state index < -0.39 is 0 Å². The maximum atomic E-state index is 12.8. The number of hydrogen-bond acceptors (Lipinski definition) is 4. The van der Waals surface area contributed by atoms with Crippen molar-refractivity contribution in [2.75, 3.05) is 5.32 Å². The Bertz CT molecular complexity index is 809. The molecule has 0 spiro atoms. The summed E-state index contributed by atoms with van der Waals surface area (Å²) >= 11 is 0. The number of aromatic nitrogens is 2. The highest BCUT2D eigenvalue weighted by Crippen LogP contribution is 2.16. The SMILES string of the molecule is CCCC1CC(C(=O)Nc2c(C)n(C)n(-c3ccccc3)c2=O)NN1. The first-order valence-corrected chi connectivity index (χ1v) is 8.68. The van der Waals surface area contributed by atoms with Crippen LogP contribution < -0.4 is 21.7 Å². The molecule has 0 aliphatic carbocycles. The van der Waals surface area contributed by atoms with Crippen LogP contribution in [0.2, 0.25) is 0 Å². The largest absolute Gasteiger partial charge is 0.319 e. The van der Waals surface area contributed by atoms with Crippen LogP contribution in [-0.2, 0) is 11.8 Å². The number of anilines is 1. The standard InChI is InChI=1S/C18H25N5O2/c1-4-8-13-11-15(21-20-13)17(24)19-16-12(2)22(3)23(18(16)25)14-9-6-5-7-10-14/h5-7,9-10,13,15,20-21H,4,8,11H2,1-3H3,(H,19,24). The first-order valence-electron chi connectivity index (χ1n) is 8.68. The number of carbonyl (C=O) groups is 1. The average molecular weight is 343 g/mol. The number of hydrogen-bond donors (Lipinski definition) is 3. The Labute approximate surface area is 147 Å². The zero-order chi connectivity index (χ0) is 18.0. The number of hydrazine groups is 1. The summed E-state index contributed by atoms with van der Waals surface area (Å²) in [7, 11) is 1.81. The number of nitrogens with zero attached hydrogens (tertiary/aromatic N) is 2. The Morgan fingerprint density at radius 3 is 2.68 bits per heavy atom. The smallest absolute Gasteiger partial charge is 0.295 e. The molecule has 1 aliphatic rings. The molecule has 1 saturated heterocycles. The Morgan fingerprint density at radius 2 is 2.00 bits per heavy atom. The highest BCUT2D eigenvalue weighted by Gasteiger charge is 2.30. The topological polar surface area (TPSA) is 80.1 Å². The number of carbonyl (C=O) groups excluding carboxylic acids is 1. The minimum atomic E-state index is -0.333. The van der Waals surface area contributed by atoms with Crippen LogP contribution in [0.25, 0.3) is 5.69 Å². The van der Waals surface area contributed by atoms with Gasteiger partial charge >= 0.3 is 0 Å². The molecule has 2 aromatic rings. The van der Waals surface area contributed by atoms with Crippen molar-refractivity contribution in [3.05, 3.63) is 46.4 Å². The summed E-state index contributed by atoms with van der Waals surface area (Å²) in [6, 6.07) is 9.35. The summed E-state index contributed by atoms with van der Waals surface area (Å²) in [6.45, 7) is 3.95. The van der Waals surface area contributed by atoms with E-state index in [1.54, 1.807) is 9.36 Å². The second-order valence-electron chi connectivity index (χ2n) is 6.49. The minimum Gasteiger partial charge on any atom is -0.319 e. The molecule has 1 aromatic carbocycles. The number of para-hydroxylation sites is 1. The van der Waals surface area contributed by atoms with Gasteiger partial charge in [0, 0.05) is 13.1 Å². The van der Waals surface area contributed by atoms with E-state index in [0.717, 1.165) is 30.6 Å². The first kappa shape index (κ1) is 17.4. The fourth-order valence-corrected chi connectivity index (χ4v) is 3.25. The quantitative estimate of drug-likeness (QED) is 0.768. The average Bonchev–Trinajstić information content (AvgIpc) is 3.15. The van der Waals surface area contributed by atoms with E-state index in [4.69, 9.17) is 0 Å². The van der Waals surface area contributed by atoms with Gasteiger partial charge in [-0.2, -0.15) is 0 Å². The molecule has 3 rings (SSSR count). The van der Waals surface area contributed by atoms with Crippen molar-refractivity contribution in [3.63, 3.8) is 0 Å². The van der Waals surface area contributed by atoms with Gasteiger partial charge in [0.05, 0.1) is 11.4 Å². The highest BCUT2D eigenvalue weighted by atomic mass is 16.2. The zero-order valence-corrected chi connectivity index (χ0v) is 14.9. The van der Waals surface area contributed by atoms with Gasteiger partial charge in [0.2, 0.25) is 5.91 Å². The Hall–Kier alpha value is -2.38. The van der Waals surface area contributed by atoms with Crippen LogP contribution >= 0.6 is 0 Å². The minimum absolute atomic E-state index is 0.183. The van der Waals surface area contributed by atoms with Crippen molar-refractivity contribution in [1.82, 2.24) is 20.2 Å². The maximum absolute atomic E-state index is 12.8. The van der Waals surface area contributed by atoms with E-state index in [1.807, 2.05) is 44.3 Å². The molecular formula is C18H25N5O2. The van der Waals surface area contributed by atoms with Gasteiger partial charge in [-0.05, 0) is 31.9 Å². The van der Waals surface area contributed by atoms with Crippen molar-refractivity contribution < 1.29 is 4.79 Å². The van der Waals surface area contributed by atoms with E-state index in [-0.39, 0.29) is 17.5 Å². The Morgan fingerprint density at radius 1 is 1.28 bits per heavy atom. The van der Waals surface area contributed by atoms with Crippen LogP contribution in [0.3, 0.4) is 0 Å². The molecule has 2 heterocycles. The van der Waals surface area contributed by atoms with Crippen LogP contribution in [0.5, 0.6) is 0 Å². The Balaban J connectivity index is 1.82. The van der Waals surface area contributed by atoms with Gasteiger partial charge < -0.3 is 5.32 Å². The molecule has 3 N–H and O–H groups in total. The predicted molar refractivity (Wildman–Crippen MR) is 97.7 cm³/mol. The normalized spacial score (nSPS) is 20.0. The van der Waals surface area contributed by atoms with E-state index in [1.165, 1.54) is 0 Å². The molecule has 25 heavy (non-hydrogen) atoms. The lowest BCUT2D eigenvalue weighted by molar-refractivity contribution is -0.117. The van der Waals surface area contributed by atoms with Gasteiger partial charge in [-0.3, -0.25) is 19.7 Å². The molecule has 7 nitrogen and oxygen atoms in total. The number of nitrogens with one attached hydrogen (secondary N) is 3. The van der Waals surface area contributed by atoms with Crippen LogP contribution in [-0.4, -0.2) is 27.4 Å². The number of benzene rings is 1. The van der Waals surface area contributed by atoms with Crippen molar-refractivity contribution in [2.45, 2.75) is 45.2 Å². The van der Waals surface area contributed by atoms with Crippen molar-refractivity contribution in [1.29, 1.82) is 0 Å². The molecule has 0 saturated carbocycles. The molecule has 134 valence electrons. The predicted octanol–water partition coefficient (Wildman–Crippen LogP) is 1.46. The van der Waals surface area contributed by atoms with Gasteiger partial charge in [-0.15, -0.1) is 0 Å². The number of amides is 1. The molecule has 1 aromatic heterocycles. The maximum Gasteiger partial charge on any atom is 0.295 e. The van der Waals surface area contributed by atoms with E-state index in [9.17, 15) is 9.59 Å². The molecule has 0 radical (unpaired) electrons. The summed E-state index contributed by atoms with van der Waals surface area (Å²) in [5, 5.41) is 2.82. The summed E-state index contributed by atoms with van der Waals surface area (Å²) in [5.74, 6) is -0.183. The van der Waals surface area contributed by atoms with E-state index >= 15 is 0 Å². The summed E-state index contributed by atoms with van der Waals surface area (Å²) in [4.78, 5) is 25.4. The molecule has 2 atom stereocenters. The van der Waals surface area contributed by atoms with Crippen LogP contribution in [0.4, 0.5) is 5.69 Å². The third-order valence-electron chi connectivity index (χ3n) is 4.74. The van der Waals surface area contributed by atoms with Gasteiger partial charge in [0.25, 0.3) is 5.56 Å². The lowest BCUT2D eigenvalue weighted by Crippen LogP contribution is -2.40. The van der Waals surface area contributed by atoms with Crippen molar-refractivity contribution in [2.24, 2.45) is 7.05 Å². The first-order chi connectivity index (χ1) is 12.0. The fraction of sp³-hybridized carbons (Fsp3) is 0.444. The van der Waals surface area contributed by atoms with Gasteiger partial charge in [-0.25, -0.2) is 10.1 Å². The van der Waals surface area contributed by atoms with Crippen LogP contribution in [0.15, 0.2) is 35.1 Å². The molecular weight excluding hydrogens is 318 g/mol. The van der Waals surface area contributed by atoms with Gasteiger partial charge in [0.1, 0.15) is 11.7 Å². The van der Waals surface area contributed by atoms with Crippen LogP contribution in [0, 0.1) is 6.92 Å². The summed E-state index contributed by atoms with van der Waals surface area (Å²) in [6.07, 6.45) is 2.80. The summed E-state index contributed by atoms with van der Waals surface area (Å²) in [5.41, 5.74) is 7.76. The van der Waals surface area contributed by atoms with Crippen molar-refractivity contribution >= 4 is 11.6 Å². The third-order valence-corrected chi connectivity index (χ3v) is 4.74. The number of rotatable bonds is 5. The molecule has 1 aliphatic heterocycles. The fourth-order valence-electron chi connectivity index (χ4n) is 3.25. The van der Waals surface area contributed by atoms with Gasteiger partial charge in [-0.1, -0.05) is 31.5 Å². The molecule has 2 unspecified atom stereocenters.